The Kier molecular flexibility index (Phi) is 4.59. The van der Waals surface area contributed by atoms with Crippen molar-refractivity contribution >= 4 is 17.5 Å². The van der Waals surface area contributed by atoms with Gasteiger partial charge in [-0.15, -0.1) is 0 Å². The van der Waals surface area contributed by atoms with Gasteiger partial charge < -0.3 is 5.32 Å². The minimum atomic E-state index is -0.618. The van der Waals surface area contributed by atoms with Gasteiger partial charge in [0.2, 0.25) is 5.91 Å². The minimum absolute atomic E-state index is 0.166. The van der Waals surface area contributed by atoms with E-state index in [0.29, 0.717) is 5.02 Å². The van der Waals surface area contributed by atoms with Crippen molar-refractivity contribution in [2.45, 2.75) is 19.5 Å². The molecule has 1 amide bonds. The third kappa shape index (κ3) is 4.06. The second kappa shape index (κ2) is 6.41. The molecule has 1 atom stereocenters. The van der Waals surface area contributed by atoms with Crippen LogP contribution in [0.3, 0.4) is 0 Å². The van der Waals surface area contributed by atoms with Gasteiger partial charge in [-0.1, -0.05) is 23.7 Å². The van der Waals surface area contributed by atoms with E-state index >= 15 is 0 Å². The molecule has 1 aromatic heterocycles. The Balaban J connectivity index is 2.04. The Morgan fingerprint density at radius 3 is 2.81 bits per heavy atom. The fraction of sp³-hybridized carbons (Fsp3) is 0.214. The number of nitrogens with one attached hydrogen (secondary N) is 2. The summed E-state index contributed by atoms with van der Waals surface area (Å²) < 4.78 is 1.13. The number of hydrogen-bond acceptors (Lipinski definition) is 3. The fourth-order valence-corrected chi connectivity index (χ4v) is 2.07. The number of H-pyrrole nitrogens is 1. The Labute approximate surface area is 125 Å². The summed E-state index contributed by atoms with van der Waals surface area (Å²) in [7, 11) is 0. The summed E-state index contributed by atoms with van der Waals surface area (Å²) in [6.07, 6.45) is 1.28. The van der Waals surface area contributed by atoms with Crippen LogP contribution in [0.1, 0.15) is 18.5 Å². The smallest absolute Gasteiger partial charge is 0.328 e. The molecule has 2 aromatic rings. The van der Waals surface area contributed by atoms with Gasteiger partial charge in [-0.2, -0.15) is 0 Å². The molecule has 0 bridgehead atoms. The van der Waals surface area contributed by atoms with Crippen molar-refractivity contribution in [3.05, 3.63) is 68.0 Å². The predicted molar refractivity (Wildman–Crippen MR) is 79.3 cm³/mol. The number of hydrogen-bond donors (Lipinski definition) is 2. The van der Waals surface area contributed by atoms with Crippen LogP contribution in [0.5, 0.6) is 0 Å². The first-order valence-corrected chi connectivity index (χ1v) is 6.68. The number of amides is 1. The van der Waals surface area contributed by atoms with Crippen LogP contribution in [-0.4, -0.2) is 15.5 Å². The van der Waals surface area contributed by atoms with E-state index in [2.05, 4.69) is 10.3 Å². The number of benzene rings is 1. The first-order chi connectivity index (χ1) is 9.95. The summed E-state index contributed by atoms with van der Waals surface area (Å²) in [5.41, 5.74) is -0.248. The summed E-state index contributed by atoms with van der Waals surface area (Å²) in [5.74, 6) is -0.336. The van der Waals surface area contributed by atoms with Gasteiger partial charge in [-0.05, 0) is 24.6 Å². The molecule has 1 aromatic carbocycles. The molecule has 0 saturated carbocycles. The number of carbonyl (C=O) groups excluding carboxylic acids is 1. The lowest BCUT2D eigenvalue weighted by Gasteiger charge is -2.15. The molecule has 2 rings (SSSR count). The number of nitrogens with zero attached hydrogens (tertiary/aromatic N) is 1. The Morgan fingerprint density at radius 2 is 2.14 bits per heavy atom. The molecule has 0 unspecified atom stereocenters. The molecule has 0 radical (unpaired) electrons. The molecule has 110 valence electrons. The van der Waals surface area contributed by atoms with Crippen molar-refractivity contribution in [3.8, 4) is 0 Å². The van der Waals surface area contributed by atoms with Gasteiger partial charge in [0.1, 0.15) is 6.54 Å². The van der Waals surface area contributed by atoms with Crippen LogP contribution in [-0.2, 0) is 11.3 Å². The summed E-state index contributed by atoms with van der Waals surface area (Å²) >= 11 is 5.90. The molecular weight excluding hydrogens is 294 g/mol. The van der Waals surface area contributed by atoms with E-state index in [-0.39, 0.29) is 18.5 Å². The molecule has 6 nitrogen and oxygen atoms in total. The van der Waals surface area contributed by atoms with E-state index < -0.39 is 11.2 Å². The van der Waals surface area contributed by atoms with E-state index in [4.69, 9.17) is 11.6 Å². The lowest BCUT2D eigenvalue weighted by Crippen LogP contribution is -2.36. The lowest BCUT2D eigenvalue weighted by atomic mass is 10.1. The second-order valence-electron chi connectivity index (χ2n) is 4.58. The normalized spacial score (nSPS) is 11.9. The van der Waals surface area contributed by atoms with Gasteiger partial charge in [0, 0.05) is 17.3 Å². The van der Waals surface area contributed by atoms with Crippen LogP contribution < -0.4 is 16.6 Å². The van der Waals surface area contributed by atoms with E-state index in [1.54, 1.807) is 18.2 Å². The number of carbonyl (C=O) groups is 1. The van der Waals surface area contributed by atoms with E-state index in [0.717, 1.165) is 10.1 Å². The Bertz CT molecular complexity index is 766. The first-order valence-electron chi connectivity index (χ1n) is 6.30. The van der Waals surface area contributed by atoms with Crippen molar-refractivity contribution in [1.82, 2.24) is 14.9 Å². The first kappa shape index (κ1) is 15.1. The van der Waals surface area contributed by atoms with Crippen LogP contribution >= 0.6 is 11.6 Å². The zero-order valence-corrected chi connectivity index (χ0v) is 12.1. The van der Waals surface area contributed by atoms with E-state index in [9.17, 15) is 14.4 Å². The highest BCUT2D eigenvalue weighted by Gasteiger charge is 2.11. The zero-order valence-electron chi connectivity index (χ0n) is 11.3. The van der Waals surface area contributed by atoms with E-state index in [1.807, 2.05) is 13.0 Å². The van der Waals surface area contributed by atoms with Crippen LogP contribution in [0.4, 0.5) is 0 Å². The van der Waals surface area contributed by atoms with Crippen molar-refractivity contribution in [2.24, 2.45) is 0 Å². The molecule has 2 N–H and O–H groups in total. The number of aromatic amines is 1. The number of aromatic nitrogens is 2. The number of rotatable bonds is 4. The molecule has 0 aliphatic heterocycles. The van der Waals surface area contributed by atoms with Crippen LogP contribution in [0.25, 0.3) is 0 Å². The predicted octanol–water partition coefficient (Wildman–Crippen LogP) is 1.07. The lowest BCUT2D eigenvalue weighted by molar-refractivity contribution is -0.122. The van der Waals surface area contributed by atoms with Crippen LogP contribution in [0, 0.1) is 0 Å². The van der Waals surface area contributed by atoms with Crippen molar-refractivity contribution in [3.63, 3.8) is 0 Å². The van der Waals surface area contributed by atoms with Crippen LogP contribution in [0.2, 0.25) is 5.02 Å². The molecule has 0 aliphatic carbocycles. The highest BCUT2D eigenvalue weighted by molar-refractivity contribution is 6.30. The molecule has 0 fully saturated rings. The van der Waals surface area contributed by atoms with Crippen molar-refractivity contribution < 1.29 is 4.79 Å². The van der Waals surface area contributed by atoms with Gasteiger partial charge in [0.05, 0.1) is 6.04 Å². The quantitative estimate of drug-likeness (QED) is 0.886. The summed E-state index contributed by atoms with van der Waals surface area (Å²) in [4.78, 5) is 36.4. The molecule has 0 saturated heterocycles. The van der Waals surface area contributed by atoms with Crippen molar-refractivity contribution in [1.29, 1.82) is 0 Å². The third-order valence-corrected chi connectivity index (χ3v) is 3.17. The topological polar surface area (TPSA) is 84.0 Å². The number of halogens is 1. The van der Waals surface area contributed by atoms with Crippen LogP contribution in [0.15, 0.2) is 46.1 Å². The third-order valence-electron chi connectivity index (χ3n) is 2.94. The average Bonchev–Trinajstić information content (AvgIpc) is 2.42. The molecule has 21 heavy (non-hydrogen) atoms. The largest absolute Gasteiger partial charge is 0.348 e. The van der Waals surface area contributed by atoms with E-state index in [1.165, 1.54) is 12.3 Å². The molecular formula is C14H14ClN3O3. The maximum absolute atomic E-state index is 11.9. The Hall–Kier alpha value is -2.34. The monoisotopic (exact) mass is 307 g/mol. The molecule has 0 aliphatic rings. The molecule has 0 spiro atoms. The average molecular weight is 308 g/mol. The fourth-order valence-electron chi connectivity index (χ4n) is 1.87. The second-order valence-corrected chi connectivity index (χ2v) is 5.02. The maximum Gasteiger partial charge on any atom is 0.328 e. The van der Waals surface area contributed by atoms with Gasteiger partial charge in [0.15, 0.2) is 0 Å². The molecule has 1 heterocycles. The van der Waals surface area contributed by atoms with Crippen molar-refractivity contribution in [2.75, 3.05) is 0 Å². The Morgan fingerprint density at radius 1 is 1.38 bits per heavy atom. The molecule has 7 heteroatoms. The van der Waals surface area contributed by atoms with Gasteiger partial charge in [0.25, 0.3) is 5.56 Å². The van der Waals surface area contributed by atoms with Gasteiger partial charge >= 0.3 is 5.69 Å². The SMILES string of the molecule is C[C@@H](NC(=O)Cn1ccc(=O)[nH]c1=O)c1cccc(Cl)c1. The summed E-state index contributed by atoms with van der Waals surface area (Å²) in [6.45, 7) is 1.65. The maximum atomic E-state index is 11.9. The zero-order chi connectivity index (χ0) is 15.4. The standard InChI is InChI=1S/C14H14ClN3O3/c1-9(10-3-2-4-11(15)7-10)16-13(20)8-18-6-5-12(19)17-14(18)21/h2-7,9H,8H2,1H3,(H,16,20)(H,17,19,21)/t9-/m1/s1. The highest BCUT2D eigenvalue weighted by Crippen LogP contribution is 2.17. The van der Waals surface area contributed by atoms with Gasteiger partial charge in [-0.3, -0.25) is 19.1 Å². The summed E-state index contributed by atoms with van der Waals surface area (Å²) in [5, 5.41) is 3.35. The summed E-state index contributed by atoms with van der Waals surface area (Å²) in [6, 6.07) is 8.11. The van der Waals surface area contributed by atoms with Gasteiger partial charge in [-0.25, -0.2) is 4.79 Å². The highest BCUT2D eigenvalue weighted by atomic mass is 35.5. The minimum Gasteiger partial charge on any atom is -0.348 e.